The number of esters is 1. The van der Waals surface area contributed by atoms with Crippen LogP contribution in [0.5, 0.6) is 11.5 Å². The summed E-state index contributed by atoms with van der Waals surface area (Å²) in [7, 11) is 0. The van der Waals surface area contributed by atoms with E-state index in [4.69, 9.17) is 14.2 Å². The number of ether oxygens (including phenoxy) is 3. The molecule has 9 nitrogen and oxygen atoms in total. The van der Waals surface area contributed by atoms with Gasteiger partial charge in [0.15, 0.2) is 11.5 Å². The van der Waals surface area contributed by atoms with Crippen LogP contribution in [-0.2, 0) is 4.74 Å². The van der Waals surface area contributed by atoms with Crippen molar-refractivity contribution in [2.45, 2.75) is 13.3 Å². The molecule has 2 aromatic rings. The lowest BCUT2D eigenvalue weighted by Crippen LogP contribution is -2.38. The molecule has 4 rings (SSSR count). The minimum atomic E-state index is -0.377. The Morgan fingerprint density at radius 3 is 2.77 bits per heavy atom. The Morgan fingerprint density at radius 2 is 1.97 bits per heavy atom. The molecule has 0 radical (unpaired) electrons. The minimum Gasteiger partial charge on any atom is -0.486 e. The van der Waals surface area contributed by atoms with E-state index in [1.165, 1.54) is 6.20 Å². The maximum atomic E-state index is 12.9. The van der Waals surface area contributed by atoms with E-state index in [1.807, 2.05) is 24.3 Å². The molecule has 0 saturated carbocycles. The summed E-state index contributed by atoms with van der Waals surface area (Å²) in [5, 5.41) is 2.95. The zero-order valence-electron chi connectivity index (χ0n) is 17.5. The first kappa shape index (κ1) is 20.8. The molecular formula is C22H26N4O5. The van der Waals surface area contributed by atoms with Gasteiger partial charge < -0.3 is 29.3 Å². The molecule has 0 atom stereocenters. The quantitative estimate of drug-likeness (QED) is 0.752. The fourth-order valence-electron chi connectivity index (χ4n) is 3.62. The molecule has 1 fully saturated rings. The van der Waals surface area contributed by atoms with Gasteiger partial charge in [0.25, 0.3) is 0 Å². The van der Waals surface area contributed by atoms with Gasteiger partial charge >= 0.3 is 12.0 Å². The largest absolute Gasteiger partial charge is 0.486 e. The van der Waals surface area contributed by atoms with Gasteiger partial charge in [-0.2, -0.15) is 0 Å². The van der Waals surface area contributed by atoms with Crippen LogP contribution >= 0.6 is 0 Å². The maximum Gasteiger partial charge on any atom is 0.339 e. The third-order valence-electron chi connectivity index (χ3n) is 5.17. The number of fused-ring (bicyclic) bond motifs is 1. The Kier molecular flexibility index (Phi) is 6.40. The Labute approximate surface area is 180 Å². The second-order valence-electron chi connectivity index (χ2n) is 7.21. The Bertz CT molecular complexity index is 934. The molecule has 3 heterocycles. The summed E-state index contributed by atoms with van der Waals surface area (Å²) in [6.07, 6.45) is 2.34. The van der Waals surface area contributed by atoms with Crippen LogP contribution in [0.2, 0.25) is 0 Å². The summed E-state index contributed by atoms with van der Waals surface area (Å²) in [5.74, 6) is 1.61. The monoisotopic (exact) mass is 426 g/mol. The van der Waals surface area contributed by atoms with Crippen molar-refractivity contribution in [1.82, 2.24) is 9.88 Å². The van der Waals surface area contributed by atoms with E-state index >= 15 is 0 Å². The van der Waals surface area contributed by atoms with E-state index in [0.29, 0.717) is 62.2 Å². The molecule has 31 heavy (non-hydrogen) atoms. The number of amides is 2. The number of nitrogens with one attached hydrogen (secondary N) is 1. The van der Waals surface area contributed by atoms with E-state index in [0.717, 1.165) is 18.8 Å². The highest BCUT2D eigenvalue weighted by Gasteiger charge is 2.23. The van der Waals surface area contributed by atoms with Crippen LogP contribution in [0.4, 0.5) is 16.3 Å². The number of benzene rings is 1. The van der Waals surface area contributed by atoms with Crippen molar-refractivity contribution < 1.29 is 23.8 Å². The van der Waals surface area contributed by atoms with Gasteiger partial charge in [0.05, 0.1) is 17.9 Å². The van der Waals surface area contributed by atoms with Crippen molar-refractivity contribution in [2.24, 2.45) is 0 Å². The van der Waals surface area contributed by atoms with Gasteiger partial charge in [-0.05, 0) is 37.6 Å². The number of rotatable bonds is 4. The summed E-state index contributed by atoms with van der Waals surface area (Å²) >= 11 is 0. The van der Waals surface area contributed by atoms with Gasteiger partial charge in [-0.15, -0.1) is 0 Å². The maximum absolute atomic E-state index is 12.9. The number of hydrogen-bond donors (Lipinski definition) is 1. The molecule has 0 unspecified atom stereocenters. The Hall–Kier alpha value is -3.49. The normalized spacial score (nSPS) is 15.8. The number of urea groups is 1. The number of aromatic nitrogens is 1. The smallest absolute Gasteiger partial charge is 0.339 e. The number of anilines is 2. The van der Waals surface area contributed by atoms with E-state index in [1.54, 1.807) is 17.9 Å². The van der Waals surface area contributed by atoms with Crippen molar-refractivity contribution in [3.8, 4) is 11.5 Å². The number of pyridine rings is 1. The molecule has 0 bridgehead atoms. The number of carbonyl (C=O) groups excluding carboxylic acids is 2. The third kappa shape index (κ3) is 4.82. The molecule has 1 aromatic heterocycles. The SMILES string of the molecule is CCOC(=O)c1ccc(N2CCCN(C(=O)Nc3cccc4c3OCCO4)CC2)nc1. The Morgan fingerprint density at radius 1 is 1.10 bits per heavy atom. The van der Waals surface area contributed by atoms with E-state index in [2.05, 4.69) is 15.2 Å². The summed E-state index contributed by atoms with van der Waals surface area (Å²) in [6, 6.07) is 8.83. The third-order valence-corrected chi connectivity index (χ3v) is 5.17. The summed E-state index contributed by atoms with van der Waals surface area (Å²) in [5.41, 5.74) is 1.04. The summed E-state index contributed by atoms with van der Waals surface area (Å²) < 4.78 is 16.3. The highest BCUT2D eigenvalue weighted by molar-refractivity contribution is 5.92. The van der Waals surface area contributed by atoms with E-state index < -0.39 is 0 Å². The van der Waals surface area contributed by atoms with Crippen LogP contribution < -0.4 is 19.7 Å². The highest BCUT2D eigenvalue weighted by atomic mass is 16.6. The first-order valence-electron chi connectivity index (χ1n) is 10.5. The van der Waals surface area contributed by atoms with Crippen LogP contribution in [0.15, 0.2) is 36.5 Å². The standard InChI is InChI=1S/C22H26N4O5/c1-2-29-21(27)16-7-8-19(23-15-16)25-9-4-10-26(12-11-25)22(28)24-17-5-3-6-18-20(17)31-14-13-30-18/h3,5-8,15H,2,4,9-14H2,1H3,(H,24,28). The number of hydrogen-bond acceptors (Lipinski definition) is 7. The molecule has 164 valence electrons. The van der Waals surface area contributed by atoms with Crippen molar-refractivity contribution in [1.29, 1.82) is 0 Å². The number of nitrogens with zero attached hydrogens (tertiary/aromatic N) is 3. The molecular weight excluding hydrogens is 400 g/mol. The second kappa shape index (κ2) is 9.55. The topological polar surface area (TPSA) is 93.2 Å². The van der Waals surface area contributed by atoms with Gasteiger partial charge in [0, 0.05) is 32.4 Å². The fourth-order valence-corrected chi connectivity index (χ4v) is 3.62. The molecule has 2 amide bonds. The van der Waals surface area contributed by atoms with Gasteiger partial charge in [-0.1, -0.05) is 6.07 Å². The molecule has 9 heteroatoms. The second-order valence-corrected chi connectivity index (χ2v) is 7.21. The van der Waals surface area contributed by atoms with Crippen LogP contribution in [0.3, 0.4) is 0 Å². The minimum absolute atomic E-state index is 0.171. The molecule has 2 aliphatic heterocycles. The zero-order chi connectivity index (χ0) is 21.6. The van der Waals surface area contributed by atoms with Crippen LogP contribution in [0.1, 0.15) is 23.7 Å². The molecule has 0 aliphatic carbocycles. The number of carbonyl (C=O) groups is 2. The van der Waals surface area contributed by atoms with Crippen LogP contribution in [-0.4, -0.2) is 67.9 Å². The lowest BCUT2D eigenvalue weighted by molar-refractivity contribution is 0.0526. The predicted octanol–water partition coefficient (Wildman–Crippen LogP) is 2.77. The summed E-state index contributed by atoms with van der Waals surface area (Å²) in [6.45, 7) is 5.66. The van der Waals surface area contributed by atoms with Crippen molar-refractivity contribution >= 4 is 23.5 Å². The van der Waals surface area contributed by atoms with Gasteiger partial charge in [-0.25, -0.2) is 14.6 Å². The lowest BCUT2D eigenvalue weighted by Gasteiger charge is -2.25. The first-order valence-corrected chi connectivity index (χ1v) is 10.5. The van der Waals surface area contributed by atoms with Gasteiger partial charge in [0.1, 0.15) is 19.0 Å². The average Bonchev–Trinajstić information content (AvgIpc) is 3.06. The van der Waals surface area contributed by atoms with Crippen molar-refractivity contribution in [3.05, 3.63) is 42.1 Å². The molecule has 2 aliphatic rings. The molecule has 1 N–H and O–H groups in total. The zero-order valence-corrected chi connectivity index (χ0v) is 17.5. The highest BCUT2D eigenvalue weighted by Crippen LogP contribution is 2.37. The van der Waals surface area contributed by atoms with Crippen molar-refractivity contribution in [3.63, 3.8) is 0 Å². The fraction of sp³-hybridized carbons (Fsp3) is 0.409. The van der Waals surface area contributed by atoms with Gasteiger partial charge in [-0.3, -0.25) is 0 Å². The van der Waals surface area contributed by atoms with E-state index in [9.17, 15) is 9.59 Å². The number of para-hydroxylation sites is 1. The van der Waals surface area contributed by atoms with Crippen molar-refractivity contribution in [2.75, 3.05) is 56.2 Å². The first-order chi connectivity index (χ1) is 15.2. The molecule has 1 saturated heterocycles. The lowest BCUT2D eigenvalue weighted by atomic mass is 10.2. The van der Waals surface area contributed by atoms with E-state index in [-0.39, 0.29) is 12.0 Å². The predicted molar refractivity (Wildman–Crippen MR) is 115 cm³/mol. The van der Waals surface area contributed by atoms with Gasteiger partial charge in [0.2, 0.25) is 0 Å². The molecule has 1 aromatic carbocycles. The summed E-state index contributed by atoms with van der Waals surface area (Å²) in [4.78, 5) is 33.0. The Balaban J connectivity index is 1.37. The molecule has 0 spiro atoms. The average molecular weight is 426 g/mol. The van der Waals surface area contributed by atoms with Crippen LogP contribution in [0, 0.1) is 0 Å². The van der Waals surface area contributed by atoms with Crippen LogP contribution in [0.25, 0.3) is 0 Å².